The molecule has 4 rings (SSSR count). The molecule has 0 fully saturated rings. The van der Waals surface area contributed by atoms with E-state index in [1.54, 1.807) is 118 Å². The summed E-state index contributed by atoms with van der Waals surface area (Å²) in [6.07, 6.45) is 18.3. The highest BCUT2D eigenvalue weighted by atomic mass is 35.5. The molecule has 4 aromatic rings. The van der Waals surface area contributed by atoms with Crippen LogP contribution in [-0.2, 0) is 28.5 Å². The summed E-state index contributed by atoms with van der Waals surface area (Å²) in [7, 11) is 0. The van der Waals surface area contributed by atoms with Crippen LogP contribution in [0.4, 0.5) is 0 Å². The molecule has 0 saturated carbocycles. The fourth-order valence-electron chi connectivity index (χ4n) is 5.32. The van der Waals surface area contributed by atoms with Gasteiger partial charge in [-0.25, -0.2) is 4.79 Å². The van der Waals surface area contributed by atoms with Crippen LogP contribution in [0.2, 0.25) is 40.2 Å². The zero-order valence-electron chi connectivity index (χ0n) is 46.1. The number of esters is 2. The molecule has 442 valence electrons. The summed E-state index contributed by atoms with van der Waals surface area (Å²) in [5.41, 5.74) is 3.08. The van der Waals surface area contributed by atoms with E-state index in [1.165, 1.54) is 6.07 Å². The minimum atomic E-state index is -0.500. The van der Waals surface area contributed by atoms with E-state index < -0.39 is 11.9 Å². The first-order valence-electron chi connectivity index (χ1n) is 25.2. The molecule has 12 nitrogen and oxygen atoms in total. The molecule has 0 bridgehead atoms. The molecule has 0 aliphatic rings. The first-order chi connectivity index (χ1) is 38.7. The minimum absolute atomic E-state index is 0.231. The number of rotatable bonds is 32. The van der Waals surface area contributed by atoms with Gasteiger partial charge in [0.05, 0.1) is 120 Å². The van der Waals surface area contributed by atoms with Crippen molar-refractivity contribution in [2.75, 3.05) is 59.5 Å². The minimum Gasteiger partial charge on any atom is -0.501 e. The van der Waals surface area contributed by atoms with Crippen molar-refractivity contribution in [1.82, 2.24) is 0 Å². The zero-order chi connectivity index (χ0) is 60.4. The first kappa shape index (κ1) is 73.5. The topological polar surface area (TPSA) is 126 Å². The molecule has 0 aromatic heterocycles. The molecule has 0 N–H and O–H groups in total. The molecule has 0 amide bonds. The third kappa shape index (κ3) is 36.5. The first-order valence-corrected chi connectivity index (χ1v) is 28.2. The van der Waals surface area contributed by atoms with Gasteiger partial charge in [0.25, 0.3) is 0 Å². The molecular formula is C61H70Cl8O12. The zero-order valence-corrected chi connectivity index (χ0v) is 52.2. The lowest BCUT2D eigenvalue weighted by atomic mass is 10.2. The van der Waals surface area contributed by atoms with Crippen LogP contribution in [0.3, 0.4) is 0 Å². The third-order valence-corrected chi connectivity index (χ3v) is 11.3. The van der Waals surface area contributed by atoms with Gasteiger partial charge in [0.15, 0.2) is 11.5 Å². The molecule has 20 heteroatoms. The van der Waals surface area contributed by atoms with Crippen molar-refractivity contribution in [1.29, 1.82) is 0 Å². The fraction of sp³-hybridized carbons (Fsp3) is 0.311. The predicted octanol–water partition coefficient (Wildman–Crippen LogP) is 19.6. The Morgan fingerprint density at radius 2 is 0.877 bits per heavy atom. The Morgan fingerprint density at radius 1 is 0.469 bits per heavy atom. The molecule has 0 aliphatic heterocycles. The summed E-state index contributed by atoms with van der Waals surface area (Å²) >= 11 is 47.2. The smallest absolute Gasteiger partial charge is 0.338 e. The van der Waals surface area contributed by atoms with Gasteiger partial charge in [0, 0.05) is 54.3 Å². The van der Waals surface area contributed by atoms with Crippen molar-refractivity contribution >= 4 is 105 Å². The normalized spacial score (nSPS) is 10.6. The quantitative estimate of drug-likeness (QED) is 0.0152. The second-order valence-corrected chi connectivity index (χ2v) is 19.8. The molecular weight excluding hydrogens is 1210 g/mol. The van der Waals surface area contributed by atoms with E-state index in [9.17, 15) is 9.59 Å². The van der Waals surface area contributed by atoms with Crippen molar-refractivity contribution < 1.29 is 57.0 Å². The van der Waals surface area contributed by atoms with Crippen LogP contribution in [0.1, 0.15) is 77.1 Å². The Bertz CT molecular complexity index is 2660. The van der Waals surface area contributed by atoms with Gasteiger partial charge in [-0.3, -0.25) is 4.79 Å². The van der Waals surface area contributed by atoms with E-state index in [0.29, 0.717) is 122 Å². The molecule has 0 radical (unpaired) electrons. The average molecular weight is 1280 g/mol. The van der Waals surface area contributed by atoms with Gasteiger partial charge in [0.2, 0.25) is 0 Å². The Hall–Kier alpha value is -5.54. The monoisotopic (exact) mass is 1270 g/mol. The number of benzene rings is 4. The van der Waals surface area contributed by atoms with E-state index in [4.69, 9.17) is 140 Å². The van der Waals surface area contributed by atoms with Crippen LogP contribution >= 0.6 is 92.8 Å². The number of ether oxygens (including phenoxy) is 10. The number of carbonyl (C=O) groups is 2. The van der Waals surface area contributed by atoms with Crippen molar-refractivity contribution in [3.05, 3.63) is 205 Å². The van der Waals surface area contributed by atoms with E-state index in [-0.39, 0.29) is 24.3 Å². The van der Waals surface area contributed by atoms with Gasteiger partial charge in [-0.1, -0.05) is 149 Å². The summed E-state index contributed by atoms with van der Waals surface area (Å²) in [5, 5.41) is 3.60. The van der Waals surface area contributed by atoms with Gasteiger partial charge < -0.3 is 47.4 Å². The van der Waals surface area contributed by atoms with Crippen molar-refractivity contribution in [2.45, 2.75) is 66.7 Å². The second kappa shape index (κ2) is 45.0. The largest absolute Gasteiger partial charge is 0.501 e. The SMILES string of the molecule is C=C(C)C=COCCCOc1c(Cl)cc(Cl)cc1Cl.C=C(C)C=COCCCOc1cc(OC(=O)CC)cc(C(=O)OCC)c1.C=C(C)C=COCCCOc1ccc(Cl)c(Cl)c1.C=CC=COCCCOc1c(Cl)cc(Cl)cc1Cl. The number of hydrogen-bond donors (Lipinski definition) is 0. The van der Waals surface area contributed by atoms with E-state index in [0.717, 1.165) is 36.0 Å². The van der Waals surface area contributed by atoms with Crippen LogP contribution in [0.15, 0.2) is 159 Å². The summed E-state index contributed by atoms with van der Waals surface area (Å²) in [6, 6.07) is 16.2. The molecule has 0 heterocycles. The Balaban J connectivity index is 0.000000547. The Kier molecular flexibility index (Phi) is 40.8. The Morgan fingerprint density at radius 3 is 1.27 bits per heavy atom. The maximum atomic E-state index is 12.0. The summed E-state index contributed by atoms with van der Waals surface area (Å²) in [4.78, 5) is 23.5. The molecule has 81 heavy (non-hydrogen) atoms. The third-order valence-electron chi connectivity index (χ3n) is 9.04. The van der Waals surface area contributed by atoms with Crippen molar-refractivity contribution in [3.63, 3.8) is 0 Å². The van der Waals surface area contributed by atoms with Crippen LogP contribution < -0.4 is 23.7 Å². The molecule has 4 aromatic carbocycles. The Labute approximate surface area is 517 Å². The summed E-state index contributed by atoms with van der Waals surface area (Å²) in [5.74, 6) is 1.39. The standard InChI is InChI=1S/C20H26O6.C14H15Cl3O2.C14H16Cl2O2.C13H13Cl3O2/c1-5-19(21)26-18-13-16(20(22)24-6-2)12-17(14-18)25-10-7-9-23-11-8-15(3)4;1-10(2)4-7-18-5-3-6-19-14-12(16)8-11(15)9-13(14)17;1-11(2)6-9-17-7-3-8-18-12-4-5-13(15)14(16)10-12;1-2-3-5-17-6-4-7-18-13-11(15)8-10(14)9-12(13)16/h8,11-14H,3,5-7,9-10H2,1-2,4H3;4,7-9H,1,3,5-6H2,2H3;4-6,9-10H,1,3,7-8H2,2H3;2-3,5,8-9H,1,4,6-7H2. The van der Waals surface area contributed by atoms with Gasteiger partial charge >= 0.3 is 11.9 Å². The predicted molar refractivity (Wildman–Crippen MR) is 333 cm³/mol. The lowest BCUT2D eigenvalue weighted by molar-refractivity contribution is -0.134. The van der Waals surface area contributed by atoms with Crippen LogP contribution in [-0.4, -0.2) is 71.4 Å². The lowest BCUT2D eigenvalue weighted by Gasteiger charge is -2.11. The fourth-order valence-corrected chi connectivity index (χ4v) is 7.46. The summed E-state index contributed by atoms with van der Waals surface area (Å²) in [6.45, 7) is 28.1. The van der Waals surface area contributed by atoms with Crippen molar-refractivity contribution in [2.24, 2.45) is 0 Å². The highest BCUT2D eigenvalue weighted by molar-refractivity contribution is 6.42. The number of hydrogen-bond acceptors (Lipinski definition) is 12. The van der Waals surface area contributed by atoms with E-state index in [2.05, 4.69) is 26.3 Å². The maximum Gasteiger partial charge on any atom is 0.338 e. The second-order valence-electron chi connectivity index (χ2n) is 16.5. The highest BCUT2D eigenvalue weighted by Crippen LogP contribution is 2.37. The lowest BCUT2D eigenvalue weighted by Crippen LogP contribution is -2.09. The maximum absolute atomic E-state index is 12.0. The van der Waals surface area contributed by atoms with Gasteiger partial charge in [0.1, 0.15) is 17.2 Å². The molecule has 0 saturated heterocycles. The van der Waals surface area contributed by atoms with Gasteiger partial charge in [-0.15, -0.1) is 0 Å². The molecule has 0 spiro atoms. The molecule has 0 unspecified atom stereocenters. The van der Waals surface area contributed by atoms with E-state index in [1.807, 2.05) is 26.8 Å². The molecule has 0 aliphatic carbocycles. The molecule has 0 atom stereocenters. The van der Waals surface area contributed by atoms with Gasteiger partial charge in [-0.2, -0.15) is 0 Å². The number of allylic oxidation sites excluding steroid dienone is 8. The van der Waals surface area contributed by atoms with E-state index >= 15 is 0 Å². The highest BCUT2D eigenvalue weighted by Gasteiger charge is 2.14. The van der Waals surface area contributed by atoms with Crippen LogP contribution in [0.5, 0.6) is 28.7 Å². The van der Waals surface area contributed by atoms with Crippen LogP contribution in [0.25, 0.3) is 0 Å². The average Bonchev–Trinajstić information content (AvgIpc) is 3.40. The van der Waals surface area contributed by atoms with Crippen molar-refractivity contribution in [3.8, 4) is 28.7 Å². The van der Waals surface area contributed by atoms with Crippen LogP contribution in [0, 0.1) is 0 Å². The summed E-state index contributed by atoms with van der Waals surface area (Å²) < 4.78 is 53.3. The number of halogens is 8. The van der Waals surface area contributed by atoms with Gasteiger partial charge in [-0.05, 0) is 101 Å². The number of carbonyl (C=O) groups excluding carboxylic acids is 2.